The van der Waals surface area contributed by atoms with Crippen molar-refractivity contribution in [2.75, 3.05) is 0 Å². The molecule has 0 saturated heterocycles. The van der Waals surface area contributed by atoms with E-state index >= 15 is 0 Å². The summed E-state index contributed by atoms with van der Waals surface area (Å²) in [6.07, 6.45) is 0.263. The quantitative estimate of drug-likeness (QED) is 0.767. The van der Waals surface area contributed by atoms with Gasteiger partial charge in [0.1, 0.15) is 11.6 Å². The van der Waals surface area contributed by atoms with Gasteiger partial charge in [-0.15, -0.1) is 0 Å². The van der Waals surface area contributed by atoms with Crippen molar-refractivity contribution in [3.05, 3.63) is 54.1 Å². The smallest absolute Gasteiger partial charge is 0.320 e. The van der Waals surface area contributed by atoms with Crippen LogP contribution >= 0.6 is 0 Å². The molecule has 5 nitrogen and oxygen atoms in total. The first-order chi connectivity index (χ1) is 10.1. The minimum Gasteiger partial charge on any atom is -0.480 e. The van der Waals surface area contributed by atoms with E-state index in [1.165, 1.54) is 0 Å². The molecule has 0 aliphatic carbocycles. The highest BCUT2D eigenvalue weighted by Gasteiger charge is 2.14. The molecule has 5 heteroatoms. The molecule has 3 aromatic rings. The second-order valence-electron chi connectivity index (χ2n) is 4.84. The number of fused-ring (bicyclic) bond motifs is 1. The highest BCUT2D eigenvalue weighted by atomic mass is 16.4. The lowest BCUT2D eigenvalue weighted by atomic mass is 10.1. The lowest BCUT2D eigenvalue weighted by Gasteiger charge is -2.05. The van der Waals surface area contributed by atoms with Gasteiger partial charge in [-0.25, -0.2) is 4.98 Å². The van der Waals surface area contributed by atoms with Crippen LogP contribution in [0.25, 0.3) is 22.6 Å². The average Bonchev–Trinajstić information content (AvgIpc) is 2.91. The molecule has 0 saturated carbocycles. The van der Waals surface area contributed by atoms with Crippen LogP contribution in [0.15, 0.2) is 52.9 Å². The third-order valence-electron chi connectivity index (χ3n) is 3.25. The SMILES string of the molecule is N[C@@H](Cc1ccc2oc(-c3ccccc3)nc2c1)C(=O)O. The summed E-state index contributed by atoms with van der Waals surface area (Å²) in [5.41, 5.74) is 8.64. The molecule has 21 heavy (non-hydrogen) atoms. The number of nitrogens with two attached hydrogens (primary N) is 1. The summed E-state index contributed by atoms with van der Waals surface area (Å²) in [4.78, 5) is 15.2. The van der Waals surface area contributed by atoms with Crippen molar-refractivity contribution in [2.24, 2.45) is 5.73 Å². The van der Waals surface area contributed by atoms with Gasteiger partial charge >= 0.3 is 5.97 Å². The number of hydrogen-bond donors (Lipinski definition) is 2. The molecule has 0 spiro atoms. The maximum Gasteiger partial charge on any atom is 0.320 e. The molecule has 0 radical (unpaired) electrons. The Bertz CT molecular complexity index is 781. The molecule has 0 unspecified atom stereocenters. The monoisotopic (exact) mass is 282 g/mol. The summed E-state index contributed by atoms with van der Waals surface area (Å²) in [7, 11) is 0. The van der Waals surface area contributed by atoms with E-state index in [0.29, 0.717) is 17.0 Å². The molecule has 0 bridgehead atoms. The lowest BCUT2D eigenvalue weighted by molar-refractivity contribution is -0.138. The number of benzene rings is 2. The number of carboxylic acid groups (broad SMARTS) is 1. The van der Waals surface area contributed by atoms with E-state index in [0.717, 1.165) is 11.1 Å². The Morgan fingerprint density at radius 3 is 2.71 bits per heavy atom. The molecule has 1 aromatic heterocycles. The summed E-state index contributed by atoms with van der Waals surface area (Å²) in [5, 5.41) is 8.85. The average molecular weight is 282 g/mol. The van der Waals surface area contributed by atoms with Gasteiger partial charge in [0.25, 0.3) is 0 Å². The predicted molar refractivity (Wildman–Crippen MR) is 78.8 cm³/mol. The van der Waals surface area contributed by atoms with Gasteiger partial charge in [0.15, 0.2) is 5.58 Å². The van der Waals surface area contributed by atoms with Crippen LogP contribution in [0.1, 0.15) is 5.56 Å². The summed E-state index contributed by atoms with van der Waals surface area (Å²) in [5.74, 6) is -0.467. The number of rotatable bonds is 4. The standard InChI is InChI=1S/C16H14N2O3/c17-12(16(19)20)8-10-6-7-14-13(9-10)18-15(21-14)11-4-2-1-3-5-11/h1-7,9,12H,8,17H2,(H,19,20)/t12-/m0/s1. The number of carbonyl (C=O) groups is 1. The summed E-state index contributed by atoms with van der Waals surface area (Å²) in [6.45, 7) is 0. The largest absolute Gasteiger partial charge is 0.480 e. The van der Waals surface area contributed by atoms with Crippen LogP contribution < -0.4 is 5.73 Å². The molecule has 3 rings (SSSR count). The molecule has 1 atom stereocenters. The molecular formula is C16H14N2O3. The van der Waals surface area contributed by atoms with E-state index in [-0.39, 0.29) is 6.42 Å². The second kappa shape index (κ2) is 5.38. The van der Waals surface area contributed by atoms with E-state index in [4.69, 9.17) is 15.3 Å². The van der Waals surface area contributed by atoms with Crippen molar-refractivity contribution in [1.82, 2.24) is 4.98 Å². The first-order valence-corrected chi connectivity index (χ1v) is 6.57. The van der Waals surface area contributed by atoms with Crippen LogP contribution in [-0.2, 0) is 11.2 Å². The predicted octanol–water partition coefficient (Wildman–Crippen LogP) is 2.45. The Kier molecular flexibility index (Phi) is 3.41. The van der Waals surface area contributed by atoms with Crippen molar-refractivity contribution in [2.45, 2.75) is 12.5 Å². The summed E-state index contributed by atoms with van der Waals surface area (Å²) >= 11 is 0. The zero-order valence-corrected chi connectivity index (χ0v) is 11.2. The maximum absolute atomic E-state index is 10.8. The molecular weight excluding hydrogens is 268 g/mol. The minimum atomic E-state index is -1.01. The van der Waals surface area contributed by atoms with Crippen molar-refractivity contribution >= 4 is 17.1 Å². The number of aromatic nitrogens is 1. The molecule has 0 aliphatic rings. The zero-order chi connectivity index (χ0) is 14.8. The van der Waals surface area contributed by atoms with Crippen molar-refractivity contribution in [3.8, 4) is 11.5 Å². The third-order valence-corrected chi connectivity index (χ3v) is 3.25. The Hall–Kier alpha value is -2.66. The van der Waals surface area contributed by atoms with Crippen molar-refractivity contribution in [1.29, 1.82) is 0 Å². The van der Waals surface area contributed by atoms with Gasteiger partial charge in [0.2, 0.25) is 5.89 Å². The molecule has 106 valence electrons. The summed E-state index contributed by atoms with van der Waals surface area (Å²) in [6, 6.07) is 14.1. The van der Waals surface area contributed by atoms with Crippen molar-refractivity contribution < 1.29 is 14.3 Å². The first-order valence-electron chi connectivity index (χ1n) is 6.57. The van der Waals surface area contributed by atoms with E-state index < -0.39 is 12.0 Å². The number of hydrogen-bond acceptors (Lipinski definition) is 4. The number of oxazole rings is 1. The Balaban J connectivity index is 1.94. The van der Waals surface area contributed by atoms with Gasteiger partial charge in [-0.05, 0) is 36.2 Å². The van der Waals surface area contributed by atoms with Gasteiger partial charge in [-0.1, -0.05) is 24.3 Å². The number of carboxylic acids is 1. The van der Waals surface area contributed by atoms with E-state index in [1.807, 2.05) is 42.5 Å². The highest BCUT2D eigenvalue weighted by molar-refractivity contribution is 5.78. The first kappa shape index (κ1) is 13.3. The van der Waals surface area contributed by atoms with E-state index in [2.05, 4.69) is 4.98 Å². The van der Waals surface area contributed by atoms with Crippen LogP contribution in [0.4, 0.5) is 0 Å². The van der Waals surface area contributed by atoms with Crippen LogP contribution in [0.5, 0.6) is 0 Å². The normalized spacial score (nSPS) is 12.4. The van der Waals surface area contributed by atoms with Gasteiger partial charge in [-0.2, -0.15) is 0 Å². The van der Waals surface area contributed by atoms with Gasteiger partial charge in [0, 0.05) is 5.56 Å². The van der Waals surface area contributed by atoms with Crippen LogP contribution in [0.2, 0.25) is 0 Å². The molecule has 0 aliphatic heterocycles. The Morgan fingerprint density at radius 1 is 1.24 bits per heavy atom. The fourth-order valence-electron chi connectivity index (χ4n) is 2.15. The number of nitrogens with zero attached hydrogens (tertiary/aromatic N) is 1. The molecule has 2 aromatic carbocycles. The van der Waals surface area contributed by atoms with Crippen molar-refractivity contribution in [3.63, 3.8) is 0 Å². The van der Waals surface area contributed by atoms with Crippen LogP contribution in [-0.4, -0.2) is 22.1 Å². The Labute approximate surface area is 121 Å². The van der Waals surface area contributed by atoms with Gasteiger partial charge in [0.05, 0.1) is 0 Å². The van der Waals surface area contributed by atoms with Gasteiger partial charge < -0.3 is 15.3 Å². The zero-order valence-electron chi connectivity index (χ0n) is 11.2. The molecule has 0 fully saturated rings. The molecule has 0 amide bonds. The van der Waals surface area contributed by atoms with Crippen LogP contribution in [0, 0.1) is 0 Å². The topological polar surface area (TPSA) is 89.4 Å². The minimum absolute atomic E-state index is 0.263. The fourth-order valence-corrected chi connectivity index (χ4v) is 2.15. The summed E-state index contributed by atoms with van der Waals surface area (Å²) < 4.78 is 5.70. The Morgan fingerprint density at radius 2 is 2.00 bits per heavy atom. The molecule has 3 N–H and O–H groups in total. The van der Waals surface area contributed by atoms with Crippen LogP contribution in [0.3, 0.4) is 0 Å². The fraction of sp³-hybridized carbons (Fsp3) is 0.125. The van der Waals surface area contributed by atoms with E-state index in [9.17, 15) is 4.79 Å². The second-order valence-corrected chi connectivity index (χ2v) is 4.84. The third kappa shape index (κ3) is 2.78. The van der Waals surface area contributed by atoms with Gasteiger partial charge in [-0.3, -0.25) is 4.79 Å². The van der Waals surface area contributed by atoms with E-state index in [1.54, 1.807) is 6.07 Å². The number of aliphatic carboxylic acids is 1. The highest BCUT2D eigenvalue weighted by Crippen LogP contribution is 2.24. The molecule has 1 heterocycles. The lowest BCUT2D eigenvalue weighted by Crippen LogP contribution is -2.32. The maximum atomic E-state index is 10.8.